The predicted octanol–water partition coefficient (Wildman–Crippen LogP) is 2.03. The molecule has 0 fully saturated rings. The van der Waals surface area contributed by atoms with Crippen LogP contribution in [-0.4, -0.2) is 14.4 Å². The van der Waals surface area contributed by atoms with Crippen molar-refractivity contribution in [3.05, 3.63) is 52.4 Å². The molecule has 21 heavy (non-hydrogen) atoms. The van der Waals surface area contributed by atoms with Gasteiger partial charge in [-0.25, -0.2) is 27.1 Å². The number of thiophene rings is 1. The van der Waals surface area contributed by atoms with E-state index in [1.165, 1.54) is 17.5 Å². The molecule has 9 heteroatoms. The van der Waals surface area contributed by atoms with E-state index in [2.05, 4.69) is 0 Å². The molecular weight excluding hydrogens is 324 g/mol. The molecular formula is C12H9F2NO4S2. The van der Waals surface area contributed by atoms with E-state index in [9.17, 15) is 22.0 Å². The highest BCUT2D eigenvalue weighted by molar-refractivity contribution is 7.91. The normalized spacial score (nSPS) is 11.4. The zero-order valence-electron chi connectivity index (χ0n) is 10.4. The summed E-state index contributed by atoms with van der Waals surface area (Å²) in [4.78, 5) is 11.7. The minimum Gasteiger partial charge on any atom is -0.457 e. The topological polar surface area (TPSA) is 86.5 Å². The predicted molar refractivity (Wildman–Crippen MR) is 71.2 cm³/mol. The molecule has 1 aromatic carbocycles. The minimum absolute atomic E-state index is 0.0270. The SMILES string of the molecule is NS(=O)(=O)c1cc(C(=O)OCc2cccc(F)c2F)cs1. The van der Waals surface area contributed by atoms with Crippen LogP contribution in [0.15, 0.2) is 33.9 Å². The first-order valence-corrected chi connectivity index (χ1v) is 7.93. The van der Waals surface area contributed by atoms with Crippen molar-refractivity contribution in [3.8, 4) is 0 Å². The summed E-state index contributed by atoms with van der Waals surface area (Å²) in [5.74, 6) is -3.00. The Labute approximate surface area is 123 Å². The van der Waals surface area contributed by atoms with Gasteiger partial charge in [0, 0.05) is 10.9 Å². The van der Waals surface area contributed by atoms with Crippen molar-refractivity contribution in [2.75, 3.05) is 0 Å². The van der Waals surface area contributed by atoms with Crippen molar-refractivity contribution in [1.29, 1.82) is 0 Å². The van der Waals surface area contributed by atoms with Gasteiger partial charge in [0.05, 0.1) is 5.56 Å². The van der Waals surface area contributed by atoms with Gasteiger partial charge in [-0.1, -0.05) is 12.1 Å². The highest BCUT2D eigenvalue weighted by Gasteiger charge is 2.17. The fourth-order valence-corrected chi connectivity index (χ4v) is 3.03. The molecule has 0 aliphatic carbocycles. The van der Waals surface area contributed by atoms with Crippen LogP contribution in [0.5, 0.6) is 0 Å². The van der Waals surface area contributed by atoms with Crippen molar-refractivity contribution in [3.63, 3.8) is 0 Å². The Morgan fingerprint density at radius 1 is 1.33 bits per heavy atom. The Kier molecular flexibility index (Phi) is 4.35. The third-order valence-electron chi connectivity index (χ3n) is 2.48. The second kappa shape index (κ2) is 5.88. The average molecular weight is 333 g/mol. The van der Waals surface area contributed by atoms with Gasteiger partial charge in [-0.3, -0.25) is 0 Å². The van der Waals surface area contributed by atoms with Gasteiger partial charge >= 0.3 is 5.97 Å². The fraction of sp³-hybridized carbons (Fsp3) is 0.0833. The summed E-state index contributed by atoms with van der Waals surface area (Å²) < 4.78 is 53.1. The number of carbonyl (C=O) groups is 1. The number of sulfonamides is 1. The molecule has 0 aliphatic rings. The number of esters is 1. The highest BCUT2D eigenvalue weighted by atomic mass is 32.2. The maximum Gasteiger partial charge on any atom is 0.339 e. The van der Waals surface area contributed by atoms with E-state index in [4.69, 9.17) is 9.88 Å². The van der Waals surface area contributed by atoms with Crippen LogP contribution in [-0.2, 0) is 21.4 Å². The molecule has 2 rings (SSSR count). The molecule has 0 atom stereocenters. The van der Waals surface area contributed by atoms with Crippen molar-refractivity contribution in [2.24, 2.45) is 5.14 Å². The van der Waals surface area contributed by atoms with E-state index in [0.717, 1.165) is 23.5 Å². The molecule has 5 nitrogen and oxygen atoms in total. The number of halogens is 2. The smallest absolute Gasteiger partial charge is 0.339 e. The second-order valence-electron chi connectivity index (χ2n) is 3.99. The van der Waals surface area contributed by atoms with Crippen LogP contribution < -0.4 is 5.14 Å². The van der Waals surface area contributed by atoms with Crippen LogP contribution in [0, 0.1) is 11.6 Å². The molecule has 1 heterocycles. The van der Waals surface area contributed by atoms with E-state index >= 15 is 0 Å². The summed E-state index contributed by atoms with van der Waals surface area (Å²) >= 11 is 0.764. The number of ether oxygens (including phenoxy) is 1. The molecule has 0 saturated heterocycles. The Morgan fingerprint density at radius 3 is 2.67 bits per heavy atom. The van der Waals surface area contributed by atoms with Crippen molar-refractivity contribution in [2.45, 2.75) is 10.8 Å². The van der Waals surface area contributed by atoms with Gasteiger partial charge < -0.3 is 4.74 Å². The lowest BCUT2D eigenvalue weighted by Crippen LogP contribution is -2.10. The van der Waals surface area contributed by atoms with Crippen molar-refractivity contribution in [1.82, 2.24) is 0 Å². The third kappa shape index (κ3) is 3.63. The minimum atomic E-state index is -3.89. The van der Waals surface area contributed by atoms with Crippen LogP contribution in [0.2, 0.25) is 0 Å². The number of nitrogens with two attached hydrogens (primary N) is 1. The van der Waals surface area contributed by atoms with Crippen molar-refractivity contribution >= 4 is 27.3 Å². The number of hydrogen-bond donors (Lipinski definition) is 1. The van der Waals surface area contributed by atoms with Crippen LogP contribution >= 0.6 is 11.3 Å². The first-order valence-electron chi connectivity index (χ1n) is 5.50. The lowest BCUT2D eigenvalue weighted by Gasteiger charge is -2.05. The molecule has 112 valence electrons. The monoisotopic (exact) mass is 333 g/mol. The molecule has 0 spiro atoms. The maximum absolute atomic E-state index is 13.4. The van der Waals surface area contributed by atoms with Crippen LogP contribution in [0.4, 0.5) is 8.78 Å². The van der Waals surface area contributed by atoms with Gasteiger partial charge in [-0.15, -0.1) is 11.3 Å². The molecule has 0 bridgehead atoms. The molecule has 2 aromatic rings. The second-order valence-corrected chi connectivity index (χ2v) is 6.69. The van der Waals surface area contributed by atoms with Gasteiger partial charge in [-0.2, -0.15) is 0 Å². The highest BCUT2D eigenvalue weighted by Crippen LogP contribution is 2.20. The third-order valence-corrected chi connectivity index (χ3v) is 4.87. The summed E-state index contributed by atoms with van der Waals surface area (Å²) in [5, 5.41) is 6.17. The quantitative estimate of drug-likeness (QED) is 0.868. The van der Waals surface area contributed by atoms with E-state index in [0.29, 0.717) is 0 Å². The number of carbonyl (C=O) groups excluding carboxylic acids is 1. The van der Waals surface area contributed by atoms with Gasteiger partial charge in [0.15, 0.2) is 11.6 Å². The van der Waals surface area contributed by atoms with Gasteiger partial charge in [0.2, 0.25) is 10.0 Å². The van der Waals surface area contributed by atoms with Crippen LogP contribution in [0.1, 0.15) is 15.9 Å². The number of hydrogen-bond acceptors (Lipinski definition) is 5. The Morgan fingerprint density at radius 2 is 2.05 bits per heavy atom. The Hall–Kier alpha value is -1.84. The zero-order chi connectivity index (χ0) is 15.6. The lowest BCUT2D eigenvalue weighted by atomic mass is 10.2. The molecule has 0 saturated carbocycles. The molecule has 1 aromatic heterocycles. The molecule has 0 unspecified atom stereocenters. The first kappa shape index (κ1) is 15.5. The van der Waals surface area contributed by atoms with E-state index in [-0.39, 0.29) is 15.3 Å². The number of primary sulfonamides is 1. The van der Waals surface area contributed by atoms with E-state index in [1.54, 1.807) is 0 Å². The summed E-state index contributed by atoms with van der Waals surface area (Å²) in [7, 11) is -3.89. The van der Waals surface area contributed by atoms with Crippen molar-refractivity contribution < 1.29 is 26.7 Å². The average Bonchev–Trinajstić information content (AvgIpc) is 2.90. The largest absolute Gasteiger partial charge is 0.457 e. The zero-order valence-corrected chi connectivity index (χ0v) is 12.0. The summed E-state index contributed by atoms with van der Waals surface area (Å²) in [6.45, 7) is -0.469. The Balaban J connectivity index is 2.09. The standard InChI is InChI=1S/C12H9F2NO4S2/c13-9-3-1-2-7(11(9)14)5-19-12(16)8-4-10(20-6-8)21(15,17)18/h1-4,6H,5H2,(H2,15,17,18). The maximum atomic E-state index is 13.4. The fourth-order valence-electron chi connectivity index (χ4n) is 1.46. The van der Waals surface area contributed by atoms with Crippen LogP contribution in [0.25, 0.3) is 0 Å². The molecule has 0 amide bonds. The summed E-state index contributed by atoms with van der Waals surface area (Å²) in [6.07, 6.45) is 0. The first-order chi connectivity index (χ1) is 9.79. The van der Waals surface area contributed by atoms with Crippen LogP contribution in [0.3, 0.4) is 0 Å². The summed E-state index contributed by atoms with van der Waals surface area (Å²) in [5.41, 5.74) is -0.147. The van der Waals surface area contributed by atoms with Gasteiger partial charge in [0.25, 0.3) is 0 Å². The summed E-state index contributed by atoms with van der Waals surface area (Å²) in [6, 6.07) is 4.56. The van der Waals surface area contributed by atoms with Gasteiger partial charge in [-0.05, 0) is 12.1 Å². The number of rotatable bonds is 4. The van der Waals surface area contributed by atoms with E-state index < -0.39 is 34.2 Å². The number of benzene rings is 1. The molecule has 2 N–H and O–H groups in total. The molecule has 0 radical (unpaired) electrons. The Bertz CT molecular complexity index is 786. The lowest BCUT2D eigenvalue weighted by molar-refractivity contribution is 0.0468. The van der Waals surface area contributed by atoms with E-state index in [1.807, 2.05) is 0 Å². The van der Waals surface area contributed by atoms with Gasteiger partial charge in [0.1, 0.15) is 10.8 Å². The molecule has 0 aliphatic heterocycles.